The van der Waals surface area contributed by atoms with Crippen LogP contribution in [0.3, 0.4) is 0 Å². The Morgan fingerprint density at radius 3 is 2.69 bits per heavy atom. The Hall–Kier alpha value is -1.15. The number of nitrogens with zero attached hydrogens (tertiary/aromatic N) is 2. The van der Waals surface area contributed by atoms with Gasteiger partial charge in [0, 0.05) is 26.7 Å². The second-order valence-electron chi connectivity index (χ2n) is 6.65. The van der Waals surface area contributed by atoms with Crippen molar-refractivity contribution in [2.75, 3.05) is 40.3 Å². The van der Waals surface area contributed by atoms with Crippen molar-refractivity contribution in [3.8, 4) is 0 Å². The molecule has 26 heavy (non-hydrogen) atoms. The summed E-state index contributed by atoms with van der Waals surface area (Å²) in [5.74, 6) is 0.0773. The van der Waals surface area contributed by atoms with Crippen molar-refractivity contribution in [1.29, 1.82) is 0 Å². The van der Waals surface area contributed by atoms with E-state index in [0.717, 1.165) is 25.8 Å². The lowest BCUT2D eigenvalue weighted by molar-refractivity contribution is 0.0789. The fourth-order valence-electron chi connectivity index (χ4n) is 3.18. The summed E-state index contributed by atoms with van der Waals surface area (Å²) in [5.41, 5.74) is 0.262. The average molecular weight is 404 g/mol. The summed E-state index contributed by atoms with van der Waals surface area (Å²) < 4.78 is 27.7. The van der Waals surface area contributed by atoms with Gasteiger partial charge >= 0.3 is 0 Å². The fraction of sp³-hybridized carbons (Fsp3) is 0.611. The van der Waals surface area contributed by atoms with Crippen molar-refractivity contribution in [1.82, 2.24) is 14.5 Å². The molecule has 0 saturated carbocycles. The van der Waals surface area contributed by atoms with Crippen LogP contribution in [0.5, 0.6) is 0 Å². The Morgan fingerprint density at radius 2 is 2.04 bits per heavy atom. The summed E-state index contributed by atoms with van der Waals surface area (Å²) in [6.45, 7) is 4.48. The van der Waals surface area contributed by atoms with E-state index in [2.05, 4.69) is 12.2 Å². The van der Waals surface area contributed by atoms with Crippen LogP contribution in [0.25, 0.3) is 0 Å². The molecule has 1 aromatic rings. The minimum atomic E-state index is -3.66. The minimum Gasteiger partial charge on any atom is -0.342 e. The smallest absolute Gasteiger partial charge is 0.254 e. The molecule has 1 saturated heterocycles. The summed E-state index contributed by atoms with van der Waals surface area (Å²) in [4.78, 5) is 14.5. The maximum absolute atomic E-state index is 13.1. The predicted octanol–water partition coefficient (Wildman–Crippen LogP) is 2.21. The lowest BCUT2D eigenvalue weighted by atomic mass is 10.1. The summed E-state index contributed by atoms with van der Waals surface area (Å²) in [6, 6.07) is 6.55. The van der Waals surface area contributed by atoms with Crippen LogP contribution in [-0.4, -0.2) is 63.8 Å². The van der Waals surface area contributed by atoms with Crippen LogP contribution in [0.2, 0.25) is 0 Å². The van der Waals surface area contributed by atoms with Crippen LogP contribution >= 0.6 is 12.4 Å². The number of benzene rings is 1. The molecule has 1 heterocycles. The number of hydrogen-bond donors (Lipinski definition) is 1. The Bertz CT molecular complexity index is 697. The van der Waals surface area contributed by atoms with Crippen LogP contribution in [0.4, 0.5) is 0 Å². The molecule has 6 nitrogen and oxygen atoms in total. The van der Waals surface area contributed by atoms with E-state index in [9.17, 15) is 13.2 Å². The van der Waals surface area contributed by atoms with Crippen LogP contribution in [-0.2, 0) is 10.0 Å². The van der Waals surface area contributed by atoms with Gasteiger partial charge in [0.2, 0.25) is 10.0 Å². The van der Waals surface area contributed by atoms with Gasteiger partial charge in [0.1, 0.15) is 0 Å². The van der Waals surface area contributed by atoms with E-state index in [1.807, 2.05) is 7.05 Å². The number of nitrogens with one attached hydrogen (secondary N) is 1. The molecule has 8 heteroatoms. The largest absolute Gasteiger partial charge is 0.342 e. The summed E-state index contributed by atoms with van der Waals surface area (Å²) in [7, 11) is -0.0669. The van der Waals surface area contributed by atoms with Crippen LogP contribution < -0.4 is 5.32 Å². The van der Waals surface area contributed by atoms with Crippen molar-refractivity contribution >= 4 is 28.3 Å². The summed E-state index contributed by atoms with van der Waals surface area (Å²) in [5, 5.41) is 3.10. The van der Waals surface area contributed by atoms with Crippen molar-refractivity contribution in [2.24, 2.45) is 5.92 Å². The summed E-state index contributed by atoms with van der Waals surface area (Å²) >= 11 is 0. The van der Waals surface area contributed by atoms with Crippen LogP contribution in [0, 0.1) is 5.92 Å². The van der Waals surface area contributed by atoms with Crippen molar-refractivity contribution in [3.63, 3.8) is 0 Å². The van der Waals surface area contributed by atoms with Crippen LogP contribution in [0.15, 0.2) is 29.2 Å². The van der Waals surface area contributed by atoms with Gasteiger partial charge in [0.05, 0.1) is 10.5 Å². The average Bonchev–Trinajstić information content (AvgIpc) is 3.09. The highest BCUT2D eigenvalue weighted by atomic mass is 35.5. The minimum absolute atomic E-state index is 0. The standard InChI is InChI=1S/C18H29N3O3S.ClH/c1-4-5-11-20(3)18(22)16-8-6-7-9-17(16)25(23,24)21-12-10-15(14-21)13-19-2;/h6-9,15,19H,4-5,10-14H2,1-3H3;1H. The van der Waals surface area contributed by atoms with Gasteiger partial charge in [-0.15, -0.1) is 12.4 Å². The normalized spacial score (nSPS) is 17.7. The molecule has 148 valence electrons. The van der Waals surface area contributed by atoms with Gasteiger partial charge in [-0.25, -0.2) is 8.42 Å². The molecule has 1 aliphatic rings. The number of amides is 1. The van der Waals surface area contributed by atoms with E-state index >= 15 is 0 Å². The SMILES string of the molecule is CCCCN(C)C(=O)c1ccccc1S(=O)(=O)N1CCC(CNC)C1.Cl. The van der Waals surface area contributed by atoms with Gasteiger partial charge in [-0.1, -0.05) is 25.5 Å². The lowest BCUT2D eigenvalue weighted by Gasteiger charge is -2.21. The molecule has 1 aliphatic heterocycles. The van der Waals surface area contributed by atoms with Crippen molar-refractivity contribution in [2.45, 2.75) is 31.1 Å². The number of unbranched alkanes of at least 4 members (excludes halogenated alkanes) is 1. The Labute approximate surface area is 163 Å². The highest BCUT2D eigenvalue weighted by Gasteiger charge is 2.34. The Balaban J connectivity index is 0.00000338. The van der Waals surface area contributed by atoms with E-state index in [1.165, 1.54) is 4.31 Å². The zero-order chi connectivity index (χ0) is 18.4. The second-order valence-corrected chi connectivity index (χ2v) is 8.56. The zero-order valence-electron chi connectivity index (χ0n) is 15.8. The highest BCUT2D eigenvalue weighted by molar-refractivity contribution is 7.89. The second kappa shape index (κ2) is 10.3. The quantitative estimate of drug-likeness (QED) is 0.722. The number of carbonyl (C=O) groups is 1. The number of halogens is 1. The fourth-order valence-corrected chi connectivity index (χ4v) is 4.90. The molecule has 0 aliphatic carbocycles. The Morgan fingerprint density at radius 1 is 1.35 bits per heavy atom. The monoisotopic (exact) mass is 403 g/mol. The third kappa shape index (κ3) is 5.19. The number of carbonyl (C=O) groups excluding carboxylic acids is 1. The molecule has 0 bridgehead atoms. The van der Waals surface area contributed by atoms with Gasteiger partial charge in [-0.3, -0.25) is 4.79 Å². The topological polar surface area (TPSA) is 69.7 Å². The van der Waals surface area contributed by atoms with Gasteiger partial charge in [-0.05, 0) is 44.5 Å². The first-order valence-electron chi connectivity index (χ1n) is 8.91. The van der Waals surface area contributed by atoms with Gasteiger partial charge in [0.25, 0.3) is 5.91 Å². The molecule has 1 aromatic carbocycles. The molecule has 0 aromatic heterocycles. The van der Waals surface area contributed by atoms with E-state index in [4.69, 9.17) is 0 Å². The lowest BCUT2D eigenvalue weighted by Crippen LogP contribution is -2.33. The molecule has 1 amide bonds. The number of rotatable bonds is 8. The van der Waals surface area contributed by atoms with E-state index in [0.29, 0.717) is 25.6 Å². The molecule has 1 N–H and O–H groups in total. The maximum atomic E-state index is 13.1. The predicted molar refractivity (Wildman–Crippen MR) is 106 cm³/mol. The van der Waals surface area contributed by atoms with Gasteiger partial charge < -0.3 is 10.2 Å². The maximum Gasteiger partial charge on any atom is 0.254 e. The van der Waals surface area contributed by atoms with E-state index < -0.39 is 10.0 Å². The molecule has 0 spiro atoms. The summed E-state index contributed by atoms with van der Waals surface area (Å²) in [6.07, 6.45) is 2.72. The van der Waals surface area contributed by atoms with E-state index in [-0.39, 0.29) is 28.8 Å². The Kier molecular flexibility index (Phi) is 9.03. The molecular weight excluding hydrogens is 374 g/mol. The molecule has 2 rings (SSSR count). The molecule has 1 fully saturated rings. The molecular formula is C18H30ClN3O3S. The number of hydrogen-bond acceptors (Lipinski definition) is 4. The van der Waals surface area contributed by atoms with Gasteiger partial charge in [0.15, 0.2) is 0 Å². The third-order valence-electron chi connectivity index (χ3n) is 4.67. The first kappa shape index (κ1) is 22.9. The first-order valence-corrected chi connectivity index (χ1v) is 10.3. The van der Waals surface area contributed by atoms with E-state index in [1.54, 1.807) is 36.2 Å². The van der Waals surface area contributed by atoms with Crippen molar-refractivity contribution in [3.05, 3.63) is 29.8 Å². The van der Waals surface area contributed by atoms with Crippen molar-refractivity contribution < 1.29 is 13.2 Å². The molecule has 1 atom stereocenters. The first-order chi connectivity index (χ1) is 11.9. The molecule has 1 unspecified atom stereocenters. The highest BCUT2D eigenvalue weighted by Crippen LogP contribution is 2.26. The van der Waals surface area contributed by atoms with Gasteiger partial charge in [-0.2, -0.15) is 4.31 Å². The third-order valence-corrected chi connectivity index (χ3v) is 6.59. The van der Waals surface area contributed by atoms with Crippen LogP contribution in [0.1, 0.15) is 36.5 Å². The number of sulfonamides is 1. The molecule has 0 radical (unpaired) electrons. The zero-order valence-corrected chi connectivity index (χ0v) is 17.4.